The van der Waals surface area contributed by atoms with E-state index in [0.29, 0.717) is 26.2 Å². The van der Waals surface area contributed by atoms with Gasteiger partial charge < -0.3 is 15.0 Å². The van der Waals surface area contributed by atoms with E-state index in [0.717, 1.165) is 24.4 Å². The van der Waals surface area contributed by atoms with E-state index in [-0.39, 0.29) is 47.3 Å². The Kier molecular flexibility index (Phi) is 10.9. The van der Waals surface area contributed by atoms with E-state index < -0.39 is 10.0 Å². The molecule has 0 radical (unpaired) electrons. The lowest BCUT2D eigenvalue weighted by atomic mass is 9.97. The van der Waals surface area contributed by atoms with Crippen molar-refractivity contribution in [1.82, 2.24) is 14.9 Å². The lowest BCUT2D eigenvalue weighted by Gasteiger charge is -2.33. The van der Waals surface area contributed by atoms with E-state index >= 15 is 0 Å². The standard InChI is InChI=1S/C19H30N4O4S.HI/c1-4-20-19(23-13-9-16(10-14-23)18(24)27-3)21-11-12-22-28(25,26)17-7-5-15(2)6-8-17;/h5-8,16,22H,4,9-14H2,1-3H3,(H,20,21);1H. The van der Waals surface area contributed by atoms with Gasteiger partial charge in [0, 0.05) is 26.2 Å². The normalized spacial score (nSPS) is 15.6. The Morgan fingerprint density at radius 3 is 2.41 bits per heavy atom. The van der Waals surface area contributed by atoms with Crippen molar-refractivity contribution in [2.75, 3.05) is 39.8 Å². The topological polar surface area (TPSA) is 100 Å². The number of ether oxygens (including phenoxy) is 1. The summed E-state index contributed by atoms with van der Waals surface area (Å²) in [6.45, 7) is 6.56. The largest absolute Gasteiger partial charge is 0.469 e. The Bertz CT molecular complexity index is 776. The zero-order chi connectivity index (χ0) is 20.6. The monoisotopic (exact) mass is 538 g/mol. The maximum atomic E-state index is 12.3. The van der Waals surface area contributed by atoms with Crippen molar-refractivity contribution in [3.05, 3.63) is 29.8 Å². The van der Waals surface area contributed by atoms with Crippen molar-refractivity contribution in [2.24, 2.45) is 10.9 Å². The Hall–Kier alpha value is -1.40. The molecule has 0 aliphatic carbocycles. The predicted octanol–water partition coefficient (Wildman–Crippen LogP) is 1.74. The second-order valence-corrected chi connectivity index (χ2v) is 8.50. The number of aliphatic imine (C=N–C) groups is 1. The van der Waals surface area contributed by atoms with Crippen molar-refractivity contribution in [2.45, 2.75) is 31.6 Å². The van der Waals surface area contributed by atoms with Gasteiger partial charge in [-0.15, -0.1) is 24.0 Å². The first-order valence-electron chi connectivity index (χ1n) is 9.54. The molecule has 1 heterocycles. The van der Waals surface area contributed by atoms with Gasteiger partial charge in [0.25, 0.3) is 0 Å². The summed E-state index contributed by atoms with van der Waals surface area (Å²) in [5, 5.41) is 3.23. The van der Waals surface area contributed by atoms with Gasteiger partial charge in [0.2, 0.25) is 10.0 Å². The van der Waals surface area contributed by atoms with Crippen LogP contribution in [0.3, 0.4) is 0 Å². The summed E-state index contributed by atoms with van der Waals surface area (Å²) in [7, 11) is -2.12. The number of esters is 1. The molecule has 8 nitrogen and oxygen atoms in total. The lowest BCUT2D eigenvalue weighted by molar-refractivity contribution is -0.146. The highest BCUT2D eigenvalue weighted by Gasteiger charge is 2.26. The molecule has 0 spiro atoms. The fourth-order valence-electron chi connectivity index (χ4n) is 3.06. The average molecular weight is 538 g/mol. The van der Waals surface area contributed by atoms with E-state index in [1.807, 2.05) is 13.8 Å². The molecule has 1 aromatic carbocycles. The van der Waals surface area contributed by atoms with Crippen LogP contribution in [0.1, 0.15) is 25.3 Å². The van der Waals surface area contributed by atoms with Crippen molar-refractivity contribution in [3.8, 4) is 0 Å². The number of sulfonamides is 1. The molecule has 1 saturated heterocycles. The third kappa shape index (κ3) is 7.74. The molecule has 0 aromatic heterocycles. The van der Waals surface area contributed by atoms with Crippen LogP contribution in [-0.2, 0) is 19.6 Å². The van der Waals surface area contributed by atoms with Gasteiger partial charge >= 0.3 is 5.97 Å². The van der Waals surface area contributed by atoms with Crippen LogP contribution in [0.25, 0.3) is 0 Å². The Balaban J connectivity index is 0.00000420. The SMILES string of the molecule is CCNC(=NCCNS(=O)(=O)c1ccc(C)cc1)N1CCC(C(=O)OC)CC1.I. The van der Waals surface area contributed by atoms with Gasteiger partial charge in [-0.1, -0.05) is 17.7 Å². The number of aryl methyl sites for hydroxylation is 1. The first kappa shape index (κ1) is 25.6. The highest BCUT2D eigenvalue weighted by Crippen LogP contribution is 2.18. The van der Waals surface area contributed by atoms with Crippen molar-refractivity contribution < 1.29 is 17.9 Å². The van der Waals surface area contributed by atoms with Crippen LogP contribution in [0.2, 0.25) is 0 Å². The van der Waals surface area contributed by atoms with E-state index in [1.54, 1.807) is 24.3 Å². The van der Waals surface area contributed by atoms with Crippen LogP contribution in [0, 0.1) is 12.8 Å². The van der Waals surface area contributed by atoms with Crippen LogP contribution in [-0.4, -0.2) is 65.1 Å². The molecule has 2 N–H and O–H groups in total. The zero-order valence-electron chi connectivity index (χ0n) is 17.2. The highest BCUT2D eigenvalue weighted by molar-refractivity contribution is 14.0. The molecule has 1 fully saturated rings. The van der Waals surface area contributed by atoms with Crippen molar-refractivity contribution in [3.63, 3.8) is 0 Å². The van der Waals surface area contributed by atoms with E-state index in [2.05, 4.69) is 19.9 Å². The molecule has 10 heteroatoms. The highest BCUT2D eigenvalue weighted by atomic mass is 127. The average Bonchev–Trinajstić information content (AvgIpc) is 2.70. The third-order valence-corrected chi connectivity index (χ3v) is 6.14. The number of methoxy groups -OCH3 is 1. The number of halogens is 1. The predicted molar refractivity (Wildman–Crippen MR) is 124 cm³/mol. The fourth-order valence-corrected chi connectivity index (χ4v) is 4.08. The molecular weight excluding hydrogens is 507 g/mol. The number of benzene rings is 1. The summed E-state index contributed by atoms with van der Waals surface area (Å²) in [5.74, 6) is 0.512. The third-order valence-electron chi connectivity index (χ3n) is 4.66. The number of guanidine groups is 1. The summed E-state index contributed by atoms with van der Waals surface area (Å²) in [4.78, 5) is 18.5. The Labute approximate surface area is 190 Å². The first-order chi connectivity index (χ1) is 13.4. The Morgan fingerprint density at radius 1 is 1.24 bits per heavy atom. The summed E-state index contributed by atoms with van der Waals surface area (Å²) in [5.41, 5.74) is 1.01. The smallest absolute Gasteiger partial charge is 0.308 e. The van der Waals surface area contributed by atoms with Crippen LogP contribution < -0.4 is 10.0 Å². The molecule has 29 heavy (non-hydrogen) atoms. The molecule has 0 bridgehead atoms. The van der Waals surface area contributed by atoms with E-state index in [4.69, 9.17) is 4.74 Å². The molecule has 2 rings (SSSR count). The summed E-state index contributed by atoms with van der Waals surface area (Å²) >= 11 is 0. The number of carbonyl (C=O) groups excluding carboxylic acids is 1. The van der Waals surface area contributed by atoms with Crippen molar-refractivity contribution in [1.29, 1.82) is 0 Å². The maximum Gasteiger partial charge on any atom is 0.308 e. The van der Waals surface area contributed by atoms with Gasteiger partial charge in [0.1, 0.15) is 0 Å². The lowest BCUT2D eigenvalue weighted by Crippen LogP contribution is -2.47. The number of hydrogen-bond donors (Lipinski definition) is 2. The minimum atomic E-state index is -3.54. The first-order valence-corrected chi connectivity index (χ1v) is 11.0. The molecule has 0 saturated carbocycles. The molecule has 1 aliphatic heterocycles. The van der Waals surface area contributed by atoms with E-state index in [9.17, 15) is 13.2 Å². The Morgan fingerprint density at radius 2 is 1.86 bits per heavy atom. The number of carbonyl (C=O) groups is 1. The second-order valence-electron chi connectivity index (χ2n) is 6.73. The molecule has 1 aliphatic rings. The van der Waals surface area contributed by atoms with Crippen LogP contribution in [0.4, 0.5) is 0 Å². The maximum absolute atomic E-state index is 12.3. The van der Waals surface area contributed by atoms with Gasteiger partial charge in [-0.3, -0.25) is 9.79 Å². The van der Waals surface area contributed by atoms with Gasteiger partial charge in [-0.05, 0) is 38.8 Å². The molecule has 1 aromatic rings. The number of nitrogens with zero attached hydrogens (tertiary/aromatic N) is 2. The zero-order valence-corrected chi connectivity index (χ0v) is 20.3. The van der Waals surface area contributed by atoms with Crippen LogP contribution in [0.15, 0.2) is 34.2 Å². The summed E-state index contributed by atoms with van der Waals surface area (Å²) < 4.78 is 32.0. The molecule has 0 unspecified atom stereocenters. The number of nitrogens with one attached hydrogen (secondary N) is 2. The van der Waals surface area contributed by atoms with Gasteiger partial charge in [0.15, 0.2) is 5.96 Å². The number of piperidine rings is 1. The van der Waals surface area contributed by atoms with Crippen LogP contribution >= 0.6 is 24.0 Å². The molecule has 0 atom stereocenters. The summed E-state index contributed by atoms with van der Waals surface area (Å²) in [6.07, 6.45) is 1.44. The van der Waals surface area contributed by atoms with Crippen LogP contribution in [0.5, 0.6) is 0 Å². The van der Waals surface area contributed by atoms with Gasteiger partial charge in [-0.25, -0.2) is 13.1 Å². The van der Waals surface area contributed by atoms with Crippen molar-refractivity contribution >= 4 is 45.9 Å². The van der Waals surface area contributed by atoms with E-state index in [1.165, 1.54) is 7.11 Å². The molecule has 0 amide bonds. The quantitative estimate of drug-likeness (QED) is 0.181. The number of rotatable bonds is 7. The number of likely N-dealkylation sites (tertiary alicyclic amines) is 1. The molecular formula is C19H31IN4O4S. The minimum Gasteiger partial charge on any atom is -0.469 e. The molecule has 164 valence electrons. The number of hydrogen-bond acceptors (Lipinski definition) is 5. The van der Waals surface area contributed by atoms with Gasteiger partial charge in [-0.2, -0.15) is 0 Å². The van der Waals surface area contributed by atoms with Gasteiger partial charge in [0.05, 0.1) is 24.5 Å². The second kappa shape index (κ2) is 12.3. The minimum absolute atomic E-state index is 0. The summed E-state index contributed by atoms with van der Waals surface area (Å²) in [6, 6.07) is 6.73. The fraction of sp³-hybridized carbons (Fsp3) is 0.579.